The van der Waals surface area contributed by atoms with Crippen LogP contribution in [0.1, 0.15) is 58.3 Å². The molecule has 0 amide bonds. The molecule has 0 spiro atoms. The lowest BCUT2D eigenvalue weighted by Crippen LogP contribution is -2.52. The Balaban J connectivity index is 1.87. The van der Waals surface area contributed by atoms with Crippen molar-refractivity contribution in [3.05, 3.63) is 0 Å². The van der Waals surface area contributed by atoms with Crippen LogP contribution in [-0.2, 0) is 0 Å². The zero-order chi connectivity index (χ0) is 13.0. The molecule has 1 saturated carbocycles. The maximum atomic E-state index is 9.83. The lowest BCUT2D eigenvalue weighted by atomic mass is 9.86. The highest BCUT2D eigenvalue weighted by Crippen LogP contribution is 2.28. The summed E-state index contributed by atoms with van der Waals surface area (Å²) in [6, 6.07) is 1.08. The van der Waals surface area contributed by atoms with Crippen molar-refractivity contribution in [1.29, 1.82) is 0 Å². The highest BCUT2D eigenvalue weighted by molar-refractivity contribution is 4.87. The van der Waals surface area contributed by atoms with Crippen LogP contribution in [0.25, 0.3) is 0 Å². The number of aliphatic hydroxyl groups is 1. The zero-order valence-electron chi connectivity index (χ0n) is 11.9. The van der Waals surface area contributed by atoms with E-state index in [1.165, 1.54) is 32.1 Å². The van der Waals surface area contributed by atoms with E-state index in [1.807, 2.05) is 0 Å². The predicted molar refractivity (Wildman–Crippen MR) is 75.4 cm³/mol. The number of nitrogens with zero attached hydrogens (tertiary/aromatic N) is 1. The molecule has 3 N–H and O–H groups in total. The van der Waals surface area contributed by atoms with Crippen LogP contribution in [0.15, 0.2) is 0 Å². The molecule has 2 fully saturated rings. The van der Waals surface area contributed by atoms with Crippen molar-refractivity contribution in [3.8, 4) is 0 Å². The van der Waals surface area contributed by atoms with E-state index >= 15 is 0 Å². The van der Waals surface area contributed by atoms with Crippen LogP contribution >= 0.6 is 0 Å². The van der Waals surface area contributed by atoms with Crippen molar-refractivity contribution in [3.63, 3.8) is 0 Å². The molecule has 3 unspecified atom stereocenters. The molecular weight excluding hydrogens is 224 g/mol. The van der Waals surface area contributed by atoms with Crippen molar-refractivity contribution in [2.24, 2.45) is 11.7 Å². The Hall–Kier alpha value is -0.120. The summed E-state index contributed by atoms with van der Waals surface area (Å²) in [6.07, 6.45) is 9.67. The fraction of sp³-hybridized carbons (Fsp3) is 1.00. The fourth-order valence-corrected chi connectivity index (χ4v) is 3.75. The second-order valence-corrected chi connectivity index (χ2v) is 6.41. The molecule has 0 aromatic heterocycles. The molecule has 0 bridgehead atoms. The van der Waals surface area contributed by atoms with Crippen molar-refractivity contribution >= 4 is 0 Å². The Morgan fingerprint density at radius 1 is 1.22 bits per heavy atom. The monoisotopic (exact) mass is 254 g/mol. The number of hydrogen-bond donors (Lipinski definition) is 2. The third kappa shape index (κ3) is 3.94. The Bertz CT molecular complexity index is 241. The highest BCUT2D eigenvalue weighted by Gasteiger charge is 2.30. The molecule has 0 radical (unpaired) electrons. The van der Waals surface area contributed by atoms with Crippen LogP contribution in [0.3, 0.4) is 0 Å². The van der Waals surface area contributed by atoms with Gasteiger partial charge in [0, 0.05) is 25.2 Å². The minimum absolute atomic E-state index is 0.131. The van der Waals surface area contributed by atoms with Crippen LogP contribution < -0.4 is 5.73 Å². The predicted octanol–water partition coefficient (Wildman–Crippen LogP) is 2.13. The topological polar surface area (TPSA) is 49.5 Å². The van der Waals surface area contributed by atoms with Crippen molar-refractivity contribution in [2.75, 3.05) is 13.1 Å². The molecule has 2 aliphatic rings. The van der Waals surface area contributed by atoms with E-state index in [2.05, 4.69) is 11.8 Å². The van der Waals surface area contributed by atoms with Gasteiger partial charge in [0.25, 0.3) is 0 Å². The summed E-state index contributed by atoms with van der Waals surface area (Å²) in [5.74, 6) is 0.602. The standard InChI is InChI=1S/C15H30N2O/c1-2-15(18)9-12-8-13(16)11-17(10-12)14-6-4-3-5-7-14/h12-15,18H,2-11,16H2,1H3. The number of aliphatic hydroxyl groups excluding tert-OH is 1. The van der Waals surface area contributed by atoms with E-state index in [0.717, 1.165) is 38.4 Å². The summed E-state index contributed by atoms with van der Waals surface area (Å²) in [7, 11) is 0. The zero-order valence-corrected chi connectivity index (χ0v) is 11.9. The maximum absolute atomic E-state index is 9.83. The first kappa shape index (κ1) is 14.3. The lowest BCUT2D eigenvalue weighted by Gasteiger charge is -2.42. The first-order valence-corrected chi connectivity index (χ1v) is 7.86. The fourth-order valence-electron chi connectivity index (χ4n) is 3.75. The molecule has 1 aliphatic carbocycles. The summed E-state index contributed by atoms with van der Waals surface area (Å²) in [5, 5.41) is 9.83. The van der Waals surface area contributed by atoms with Crippen molar-refractivity contribution in [2.45, 2.75) is 76.5 Å². The Morgan fingerprint density at radius 3 is 2.61 bits per heavy atom. The van der Waals surface area contributed by atoms with Gasteiger partial charge < -0.3 is 10.8 Å². The number of nitrogens with two attached hydrogens (primary N) is 1. The molecule has 3 atom stereocenters. The number of likely N-dealkylation sites (tertiary alicyclic amines) is 1. The van der Waals surface area contributed by atoms with Gasteiger partial charge in [0.1, 0.15) is 0 Å². The third-order valence-corrected chi connectivity index (χ3v) is 4.77. The van der Waals surface area contributed by atoms with Crippen LogP contribution in [0.5, 0.6) is 0 Å². The van der Waals surface area contributed by atoms with Crippen molar-refractivity contribution in [1.82, 2.24) is 4.90 Å². The van der Waals surface area contributed by atoms with Crippen LogP contribution in [0.4, 0.5) is 0 Å². The molecule has 0 aromatic rings. The van der Waals surface area contributed by atoms with Gasteiger partial charge in [0.05, 0.1) is 6.10 Å². The molecule has 1 saturated heterocycles. The summed E-state index contributed by atoms with van der Waals surface area (Å²) in [4.78, 5) is 2.63. The van der Waals surface area contributed by atoms with Gasteiger partial charge in [-0.1, -0.05) is 26.2 Å². The summed E-state index contributed by atoms with van der Waals surface area (Å²) in [5.41, 5.74) is 6.22. The number of rotatable bonds is 4. The minimum Gasteiger partial charge on any atom is -0.393 e. The average Bonchev–Trinajstić information content (AvgIpc) is 2.39. The number of piperidine rings is 1. The Kier molecular flexibility index (Phi) is 5.46. The van der Waals surface area contributed by atoms with E-state index in [1.54, 1.807) is 0 Å². The summed E-state index contributed by atoms with van der Waals surface area (Å²) in [6.45, 7) is 4.30. The summed E-state index contributed by atoms with van der Waals surface area (Å²) < 4.78 is 0. The molecule has 0 aromatic carbocycles. The van der Waals surface area contributed by atoms with Crippen LogP contribution in [0, 0.1) is 5.92 Å². The molecule has 3 heteroatoms. The molecule has 18 heavy (non-hydrogen) atoms. The lowest BCUT2D eigenvalue weighted by molar-refractivity contribution is 0.0574. The maximum Gasteiger partial charge on any atom is 0.0540 e. The highest BCUT2D eigenvalue weighted by atomic mass is 16.3. The van der Waals surface area contributed by atoms with Gasteiger partial charge in [-0.15, -0.1) is 0 Å². The normalized spacial score (nSPS) is 33.5. The van der Waals surface area contributed by atoms with E-state index in [9.17, 15) is 5.11 Å². The molecule has 3 nitrogen and oxygen atoms in total. The molecular formula is C15H30N2O. The minimum atomic E-state index is -0.131. The first-order valence-electron chi connectivity index (χ1n) is 7.86. The van der Waals surface area contributed by atoms with E-state index in [-0.39, 0.29) is 6.10 Å². The third-order valence-electron chi connectivity index (χ3n) is 4.77. The van der Waals surface area contributed by atoms with E-state index in [0.29, 0.717) is 12.0 Å². The van der Waals surface area contributed by atoms with Crippen LogP contribution in [-0.4, -0.2) is 41.3 Å². The molecule has 106 valence electrons. The molecule has 2 rings (SSSR count). The van der Waals surface area contributed by atoms with Gasteiger partial charge >= 0.3 is 0 Å². The molecule has 1 heterocycles. The van der Waals surface area contributed by atoms with Gasteiger partial charge in [0.2, 0.25) is 0 Å². The Morgan fingerprint density at radius 2 is 1.94 bits per heavy atom. The van der Waals surface area contributed by atoms with Gasteiger partial charge in [-0.05, 0) is 38.0 Å². The second kappa shape index (κ2) is 6.88. The first-order chi connectivity index (χ1) is 8.69. The SMILES string of the molecule is CCC(O)CC1CC(N)CN(C2CCCCC2)C1. The average molecular weight is 254 g/mol. The largest absolute Gasteiger partial charge is 0.393 e. The summed E-state index contributed by atoms with van der Waals surface area (Å²) >= 11 is 0. The van der Waals surface area contributed by atoms with Crippen molar-refractivity contribution < 1.29 is 5.11 Å². The smallest absolute Gasteiger partial charge is 0.0540 e. The second-order valence-electron chi connectivity index (χ2n) is 6.41. The van der Waals surface area contributed by atoms with Gasteiger partial charge in [-0.2, -0.15) is 0 Å². The van der Waals surface area contributed by atoms with Gasteiger partial charge in [-0.25, -0.2) is 0 Å². The number of hydrogen-bond acceptors (Lipinski definition) is 3. The quantitative estimate of drug-likeness (QED) is 0.808. The van der Waals surface area contributed by atoms with E-state index < -0.39 is 0 Å². The van der Waals surface area contributed by atoms with Crippen LogP contribution in [0.2, 0.25) is 0 Å². The van der Waals surface area contributed by atoms with Gasteiger partial charge in [0.15, 0.2) is 0 Å². The Labute approximate surface area is 112 Å². The molecule has 1 aliphatic heterocycles. The van der Waals surface area contributed by atoms with Gasteiger partial charge in [-0.3, -0.25) is 4.90 Å². The van der Waals surface area contributed by atoms with E-state index in [4.69, 9.17) is 5.73 Å².